The average molecular weight is 212 g/mol. The summed E-state index contributed by atoms with van der Waals surface area (Å²) in [7, 11) is 1.96. The lowest BCUT2D eigenvalue weighted by Crippen LogP contribution is -2.32. The summed E-state index contributed by atoms with van der Waals surface area (Å²) in [6, 6.07) is 3.93. The maximum Gasteiger partial charge on any atom is 0.129 e. The Hall–Kier alpha value is -0.640. The first-order valence-corrected chi connectivity index (χ1v) is 5.21. The van der Waals surface area contributed by atoms with Crippen LogP contribution in [0.5, 0.6) is 0 Å². The zero-order valence-electron chi connectivity index (χ0n) is 8.20. The standard InChI is InChI=1S/C10H14ClN3/c1-12-14-5-4-9(7-14)8-2-3-10(11)13-6-8/h2-3,6,9,12H,4-5,7H2,1H3/t9-/m0/s1. The minimum Gasteiger partial charge on any atom is -0.258 e. The molecule has 3 nitrogen and oxygen atoms in total. The Labute approximate surface area is 89.1 Å². The van der Waals surface area contributed by atoms with Crippen molar-refractivity contribution in [2.24, 2.45) is 0 Å². The first-order valence-electron chi connectivity index (χ1n) is 4.83. The molecular formula is C10H14ClN3. The molecule has 0 radical (unpaired) electrons. The molecule has 1 aliphatic rings. The average Bonchev–Trinajstić information content (AvgIpc) is 2.67. The Bertz CT molecular complexity index is 299. The Morgan fingerprint density at radius 1 is 1.57 bits per heavy atom. The van der Waals surface area contributed by atoms with Crippen molar-refractivity contribution in [1.29, 1.82) is 0 Å². The van der Waals surface area contributed by atoms with Crippen molar-refractivity contribution >= 4 is 11.6 Å². The van der Waals surface area contributed by atoms with Crippen molar-refractivity contribution in [2.75, 3.05) is 20.1 Å². The molecule has 2 rings (SSSR count). The number of aromatic nitrogens is 1. The van der Waals surface area contributed by atoms with Crippen molar-refractivity contribution in [2.45, 2.75) is 12.3 Å². The third-order valence-electron chi connectivity index (χ3n) is 2.73. The number of halogens is 1. The van der Waals surface area contributed by atoms with E-state index in [4.69, 9.17) is 11.6 Å². The lowest BCUT2D eigenvalue weighted by molar-refractivity contribution is 0.258. The Morgan fingerprint density at radius 3 is 3.00 bits per heavy atom. The summed E-state index contributed by atoms with van der Waals surface area (Å²) in [5.74, 6) is 0.590. The van der Waals surface area contributed by atoms with E-state index in [-0.39, 0.29) is 0 Å². The second-order valence-corrected chi connectivity index (χ2v) is 3.96. The minimum absolute atomic E-state index is 0.567. The number of nitrogens with zero attached hydrogens (tertiary/aromatic N) is 2. The van der Waals surface area contributed by atoms with E-state index >= 15 is 0 Å². The van der Waals surface area contributed by atoms with E-state index in [9.17, 15) is 0 Å². The van der Waals surface area contributed by atoms with Gasteiger partial charge in [0.1, 0.15) is 5.15 Å². The topological polar surface area (TPSA) is 28.2 Å². The highest BCUT2D eigenvalue weighted by Gasteiger charge is 2.22. The van der Waals surface area contributed by atoms with Crippen LogP contribution in [0.2, 0.25) is 5.15 Å². The highest BCUT2D eigenvalue weighted by atomic mass is 35.5. The highest BCUT2D eigenvalue weighted by Crippen LogP contribution is 2.25. The van der Waals surface area contributed by atoms with E-state index in [2.05, 4.69) is 21.5 Å². The summed E-state index contributed by atoms with van der Waals surface area (Å²) in [6.45, 7) is 2.16. The molecular weight excluding hydrogens is 198 g/mol. The van der Waals surface area contributed by atoms with Crippen LogP contribution in [0.15, 0.2) is 18.3 Å². The summed E-state index contributed by atoms with van der Waals surface area (Å²) in [6.07, 6.45) is 3.07. The largest absolute Gasteiger partial charge is 0.258 e. The molecule has 0 saturated carbocycles. The van der Waals surface area contributed by atoms with E-state index in [1.807, 2.05) is 19.3 Å². The van der Waals surface area contributed by atoms with Crippen molar-refractivity contribution < 1.29 is 0 Å². The van der Waals surface area contributed by atoms with Crippen LogP contribution in [0.3, 0.4) is 0 Å². The van der Waals surface area contributed by atoms with Crippen molar-refractivity contribution in [1.82, 2.24) is 15.4 Å². The monoisotopic (exact) mass is 211 g/mol. The molecule has 0 bridgehead atoms. The van der Waals surface area contributed by atoms with E-state index in [0.717, 1.165) is 13.1 Å². The normalized spacial score (nSPS) is 22.9. The number of pyridine rings is 1. The highest BCUT2D eigenvalue weighted by molar-refractivity contribution is 6.29. The van der Waals surface area contributed by atoms with Gasteiger partial charge in [-0.3, -0.25) is 5.43 Å². The van der Waals surface area contributed by atoms with Crippen LogP contribution in [0.4, 0.5) is 0 Å². The van der Waals surface area contributed by atoms with Gasteiger partial charge in [0.2, 0.25) is 0 Å². The van der Waals surface area contributed by atoms with Gasteiger partial charge in [0.05, 0.1) is 0 Å². The molecule has 1 aliphatic heterocycles. The summed E-state index contributed by atoms with van der Waals surface area (Å²) >= 11 is 5.74. The maximum atomic E-state index is 5.74. The molecule has 0 unspecified atom stereocenters. The van der Waals surface area contributed by atoms with Crippen LogP contribution >= 0.6 is 11.6 Å². The Balaban J connectivity index is 2.06. The SMILES string of the molecule is CNN1CC[C@H](c2ccc(Cl)nc2)C1. The van der Waals surface area contributed by atoms with E-state index in [1.165, 1.54) is 12.0 Å². The smallest absolute Gasteiger partial charge is 0.129 e. The molecule has 14 heavy (non-hydrogen) atoms. The van der Waals surface area contributed by atoms with Crippen LogP contribution in [0.25, 0.3) is 0 Å². The van der Waals surface area contributed by atoms with Gasteiger partial charge in [0.15, 0.2) is 0 Å². The van der Waals surface area contributed by atoms with Crippen LogP contribution < -0.4 is 5.43 Å². The van der Waals surface area contributed by atoms with Crippen LogP contribution in [0, 0.1) is 0 Å². The lowest BCUT2D eigenvalue weighted by Gasteiger charge is -2.13. The van der Waals surface area contributed by atoms with Crippen LogP contribution in [-0.4, -0.2) is 30.1 Å². The van der Waals surface area contributed by atoms with Gasteiger partial charge in [-0.15, -0.1) is 0 Å². The lowest BCUT2D eigenvalue weighted by atomic mass is 10.0. The van der Waals surface area contributed by atoms with Gasteiger partial charge >= 0.3 is 0 Å². The van der Waals surface area contributed by atoms with E-state index in [1.54, 1.807) is 0 Å². The predicted molar refractivity (Wildman–Crippen MR) is 57.2 cm³/mol. The van der Waals surface area contributed by atoms with Gasteiger partial charge < -0.3 is 0 Å². The van der Waals surface area contributed by atoms with E-state index < -0.39 is 0 Å². The van der Waals surface area contributed by atoms with Gasteiger partial charge in [-0.05, 0) is 25.1 Å². The van der Waals surface area contributed by atoms with Gasteiger partial charge in [-0.25, -0.2) is 9.99 Å². The Morgan fingerprint density at radius 2 is 2.43 bits per heavy atom. The molecule has 0 amide bonds. The molecule has 1 atom stereocenters. The van der Waals surface area contributed by atoms with Crippen LogP contribution in [-0.2, 0) is 0 Å². The molecule has 1 aromatic heterocycles. The van der Waals surface area contributed by atoms with Gasteiger partial charge in [-0.2, -0.15) is 0 Å². The maximum absolute atomic E-state index is 5.74. The van der Waals surface area contributed by atoms with Crippen molar-refractivity contribution in [3.63, 3.8) is 0 Å². The van der Waals surface area contributed by atoms with E-state index in [0.29, 0.717) is 11.1 Å². The Kier molecular flexibility index (Phi) is 3.01. The number of hydrazine groups is 1. The summed E-state index contributed by atoms with van der Waals surface area (Å²) in [5.41, 5.74) is 4.45. The zero-order valence-corrected chi connectivity index (χ0v) is 8.96. The summed E-state index contributed by atoms with van der Waals surface area (Å²) in [4.78, 5) is 4.10. The van der Waals surface area contributed by atoms with Crippen molar-refractivity contribution in [3.8, 4) is 0 Å². The second kappa shape index (κ2) is 4.26. The molecule has 0 aromatic carbocycles. The predicted octanol–water partition coefficient (Wildman–Crippen LogP) is 1.66. The summed E-state index contributed by atoms with van der Waals surface area (Å²) in [5, 5.41) is 2.79. The number of rotatable bonds is 2. The second-order valence-electron chi connectivity index (χ2n) is 3.57. The fourth-order valence-electron chi connectivity index (χ4n) is 1.86. The first-order chi connectivity index (χ1) is 6.79. The molecule has 1 saturated heterocycles. The first kappa shape index (κ1) is 9.90. The van der Waals surface area contributed by atoms with Gasteiger partial charge in [0.25, 0.3) is 0 Å². The quantitative estimate of drug-likeness (QED) is 0.755. The molecule has 0 aliphatic carbocycles. The number of hydrogen-bond donors (Lipinski definition) is 1. The molecule has 0 spiro atoms. The van der Waals surface area contributed by atoms with Crippen molar-refractivity contribution in [3.05, 3.63) is 29.0 Å². The molecule has 1 N–H and O–H groups in total. The van der Waals surface area contributed by atoms with Gasteiger partial charge in [0, 0.05) is 25.2 Å². The van der Waals surface area contributed by atoms with Gasteiger partial charge in [-0.1, -0.05) is 17.7 Å². The molecule has 1 aromatic rings. The summed E-state index contributed by atoms with van der Waals surface area (Å²) < 4.78 is 0. The third-order valence-corrected chi connectivity index (χ3v) is 2.95. The number of nitrogens with one attached hydrogen (secondary N) is 1. The molecule has 4 heteroatoms. The number of hydrogen-bond acceptors (Lipinski definition) is 3. The molecule has 1 fully saturated rings. The minimum atomic E-state index is 0.567. The molecule has 2 heterocycles. The fraction of sp³-hybridized carbons (Fsp3) is 0.500. The fourth-order valence-corrected chi connectivity index (χ4v) is 1.98. The third kappa shape index (κ3) is 2.05. The zero-order chi connectivity index (χ0) is 9.97. The molecule has 76 valence electrons. The van der Waals surface area contributed by atoms with Crippen LogP contribution in [0.1, 0.15) is 17.9 Å².